The van der Waals surface area contributed by atoms with E-state index in [4.69, 9.17) is 6.42 Å². The largest absolute Gasteiger partial charge is 0.313 e. The van der Waals surface area contributed by atoms with Gasteiger partial charge in [-0.15, -0.1) is 6.42 Å². The van der Waals surface area contributed by atoms with Gasteiger partial charge in [0.2, 0.25) is 0 Å². The molecule has 0 aromatic rings. The second kappa shape index (κ2) is 5.18. The summed E-state index contributed by atoms with van der Waals surface area (Å²) < 4.78 is 0. The molecule has 1 atom stereocenters. The Morgan fingerprint density at radius 2 is 2.50 bits per heavy atom. The summed E-state index contributed by atoms with van der Waals surface area (Å²) in [4.78, 5) is 2.34. The van der Waals surface area contributed by atoms with Crippen molar-refractivity contribution in [3.8, 4) is 12.3 Å². The normalized spacial score (nSPS) is 25.2. The molecule has 1 aliphatic rings. The molecule has 2 heteroatoms. The fraction of sp³-hybridized carbons (Fsp3) is 0.800. The molecule has 1 heterocycles. The van der Waals surface area contributed by atoms with Gasteiger partial charge in [0.25, 0.3) is 0 Å². The number of likely N-dealkylation sites (tertiary alicyclic amines) is 1. The number of hydrogen-bond acceptors (Lipinski definition) is 2. The summed E-state index contributed by atoms with van der Waals surface area (Å²) in [6.45, 7) is 6.32. The molecule has 12 heavy (non-hydrogen) atoms. The third kappa shape index (κ3) is 2.84. The Morgan fingerprint density at radius 1 is 1.67 bits per heavy atom. The fourth-order valence-corrected chi connectivity index (χ4v) is 1.78. The first-order valence-electron chi connectivity index (χ1n) is 4.76. The van der Waals surface area contributed by atoms with E-state index >= 15 is 0 Å². The Labute approximate surface area is 75.3 Å². The van der Waals surface area contributed by atoms with Crippen LogP contribution in [0, 0.1) is 12.3 Å². The first-order valence-corrected chi connectivity index (χ1v) is 4.76. The summed E-state index contributed by atoms with van der Waals surface area (Å²) in [5.41, 5.74) is 0. The van der Waals surface area contributed by atoms with Crippen LogP contribution in [0.1, 0.15) is 19.8 Å². The molecule has 0 aliphatic carbocycles. The third-order valence-electron chi connectivity index (χ3n) is 2.31. The van der Waals surface area contributed by atoms with E-state index in [0.29, 0.717) is 6.04 Å². The molecule has 0 radical (unpaired) electrons. The Kier molecular flexibility index (Phi) is 4.13. The summed E-state index contributed by atoms with van der Waals surface area (Å²) in [6, 6.07) is 0.664. The van der Waals surface area contributed by atoms with Crippen LogP contribution < -0.4 is 5.32 Å². The van der Waals surface area contributed by atoms with Crippen molar-refractivity contribution in [3.05, 3.63) is 0 Å². The predicted molar refractivity (Wildman–Crippen MR) is 52.0 cm³/mol. The SMILES string of the molecule is C#CCN1CCCC(NCC)C1. The van der Waals surface area contributed by atoms with Crippen LogP contribution in [-0.2, 0) is 0 Å². The van der Waals surface area contributed by atoms with Crippen molar-refractivity contribution >= 4 is 0 Å². The van der Waals surface area contributed by atoms with Crippen LogP contribution in [-0.4, -0.2) is 37.1 Å². The van der Waals surface area contributed by atoms with Gasteiger partial charge in [0.1, 0.15) is 0 Å². The minimum Gasteiger partial charge on any atom is -0.313 e. The molecule has 2 nitrogen and oxygen atoms in total. The first kappa shape index (κ1) is 9.57. The van der Waals surface area contributed by atoms with E-state index in [0.717, 1.165) is 19.6 Å². The summed E-state index contributed by atoms with van der Waals surface area (Å²) in [5, 5.41) is 3.46. The van der Waals surface area contributed by atoms with Gasteiger partial charge in [-0.1, -0.05) is 12.8 Å². The molecule has 1 N–H and O–H groups in total. The maximum absolute atomic E-state index is 5.27. The monoisotopic (exact) mass is 166 g/mol. The van der Waals surface area contributed by atoms with Crippen molar-refractivity contribution in [2.75, 3.05) is 26.2 Å². The lowest BCUT2D eigenvalue weighted by atomic mass is 10.1. The molecule has 0 saturated carbocycles. The summed E-state index contributed by atoms with van der Waals surface area (Å²) >= 11 is 0. The zero-order valence-corrected chi connectivity index (χ0v) is 7.84. The molecular weight excluding hydrogens is 148 g/mol. The smallest absolute Gasteiger partial charge is 0.0599 e. The highest BCUT2D eigenvalue weighted by molar-refractivity contribution is 4.90. The van der Waals surface area contributed by atoms with Gasteiger partial charge in [0, 0.05) is 12.6 Å². The van der Waals surface area contributed by atoms with Gasteiger partial charge in [0.05, 0.1) is 6.54 Å². The van der Waals surface area contributed by atoms with Gasteiger partial charge in [-0.25, -0.2) is 0 Å². The van der Waals surface area contributed by atoms with Gasteiger partial charge in [-0.2, -0.15) is 0 Å². The second-order valence-electron chi connectivity index (χ2n) is 3.34. The lowest BCUT2D eigenvalue weighted by Crippen LogP contribution is -2.45. The molecule has 0 amide bonds. The molecule has 68 valence electrons. The van der Waals surface area contributed by atoms with Crippen molar-refractivity contribution in [1.29, 1.82) is 0 Å². The van der Waals surface area contributed by atoms with Gasteiger partial charge in [-0.3, -0.25) is 4.90 Å². The third-order valence-corrected chi connectivity index (χ3v) is 2.31. The number of nitrogens with zero attached hydrogens (tertiary/aromatic N) is 1. The van der Waals surface area contributed by atoms with Crippen molar-refractivity contribution in [2.45, 2.75) is 25.8 Å². The molecule has 1 unspecified atom stereocenters. The number of hydrogen-bond donors (Lipinski definition) is 1. The molecule has 1 aliphatic heterocycles. The number of rotatable bonds is 3. The molecular formula is C10H18N2. The second-order valence-corrected chi connectivity index (χ2v) is 3.34. The average Bonchev–Trinajstić information content (AvgIpc) is 2.06. The first-order chi connectivity index (χ1) is 5.86. The Morgan fingerprint density at radius 3 is 3.17 bits per heavy atom. The quantitative estimate of drug-likeness (QED) is 0.621. The number of terminal acetylenes is 1. The summed E-state index contributed by atoms with van der Waals surface area (Å²) in [7, 11) is 0. The predicted octanol–water partition coefficient (Wildman–Crippen LogP) is 0.694. The molecule has 0 spiro atoms. The van der Waals surface area contributed by atoms with Crippen LogP contribution in [0.4, 0.5) is 0 Å². The molecule has 0 aromatic heterocycles. The molecule has 0 bridgehead atoms. The molecule has 0 aromatic carbocycles. The Hall–Kier alpha value is -0.520. The van der Waals surface area contributed by atoms with Crippen LogP contribution in [0.2, 0.25) is 0 Å². The average molecular weight is 166 g/mol. The maximum Gasteiger partial charge on any atom is 0.0599 e. The lowest BCUT2D eigenvalue weighted by Gasteiger charge is -2.31. The van der Waals surface area contributed by atoms with Gasteiger partial charge in [0.15, 0.2) is 0 Å². The van der Waals surface area contributed by atoms with Crippen LogP contribution in [0.15, 0.2) is 0 Å². The van der Waals surface area contributed by atoms with Crippen LogP contribution in [0.5, 0.6) is 0 Å². The van der Waals surface area contributed by atoms with Crippen molar-refractivity contribution in [1.82, 2.24) is 10.2 Å². The van der Waals surface area contributed by atoms with Crippen molar-refractivity contribution in [3.63, 3.8) is 0 Å². The topological polar surface area (TPSA) is 15.3 Å². The Balaban J connectivity index is 2.26. The summed E-state index contributed by atoms with van der Waals surface area (Å²) in [6.07, 6.45) is 7.84. The minimum atomic E-state index is 0.664. The van der Waals surface area contributed by atoms with E-state index in [-0.39, 0.29) is 0 Å². The maximum atomic E-state index is 5.27. The minimum absolute atomic E-state index is 0.664. The zero-order chi connectivity index (χ0) is 8.81. The lowest BCUT2D eigenvalue weighted by molar-refractivity contribution is 0.212. The van der Waals surface area contributed by atoms with Crippen LogP contribution in [0.3, 0.4) is 0 Å². The van der Waals surface area contributed by atoms with Crippen LogP contribution in [0.25, 0.3) is 0 Å². The standard InChI is InChI=1S/C10H18N2/c1-3-7-12-8-5-6-10(9-12)11-4-2/h1,10-11H,4-9H2,2H3. The van der Waals surface area contributed by atoms with E-state index in [2.05, 4.69) is 23.1 Å². The highest BCUT2D eigenvalue weighted by atomic mass is 15.2. The number of piperidine rings is 1. The van der Waals surface area contributed by atoms with Crippen LogP contribution >= 0.6 is 0 Å². The highest BCUT2D eigenvalue weighted by Crippen LogP contribution is 2.08. The van der Waals surface area contributed by atoms with E-state index in [1.54, 1.807) is 0 Å². The van der Waals surface area contributed by atoms with Crippen molar-refractivity contribution in [2.24, 2.45) is 0 Å². The zero-order valence-electron chi connectivity index (χ0n) is 7.84. The van der Waals surface area contributed by atoms with E-state index in [1.165, 1.54) is 19.4 Å². The van der Waals surface area contributed by atoms with Crippen molar-refractivity contribution < 1.29 is 0 Å². The fourth-order valence-electron chi connectivity index (χ4n) is 1.78. The highest BCUT2D eigenvalue weighted by Gasteiger charge is 2.17. The molecule has 1 fully saturated rings. The van der Waals surface area contributed by atoms with Gasteiger partial charge < -0.3 is 5.32 Å². The van der Waals surface area contributed by atoms with Gasteiger partial charge >= 0.3 is 0 Å². The van der Waals surface area contributed by atoms with Gasteiger partial charge in [-0.05, 0) is 25.9 Å². The number of likely N-dealkylation sites (N-methyl/N-ethyl adjacent to an activating group) is 1. The van der Waals surface area contributed by atoms with E-state index in [1.807, 2.05) is 0 Å². The number of nitrogens with one attached hydrogen (secondary N) is 1. The van der Waals surface area contributed by atoms with E-state index in [9.17, 15) is 0 Å². The van der Waals surface area contributed by atoms with E-state index < -0.39 is 0 Å². The molecule has 1 saturated heterocycles. The molecule has 1 rings (SSSR count). The Bertz CT molecular complexity index is 158. The summed E-state index contributed by atoms with van der Waals surface area (Å²) in [5.74, 6) is 2.70.